The van der Waals surface area contributed by atoms with Crippen LogP contribution in [0.5, 0.6) is 11.5 Å². The van der Waals surface area contributed by atoms with Crippen molar-refractivity contribution < 1.29 is 33.5 Å². The summed E-state index contributed by atoms with van der Waals surface area (Å²) in [6, 6.07) is 43.7. The highest BCUT2D eigenvalue weighted by Gasteiger charge is 2.50. The first-order valence-electron chi connectivity index (χ1n) is 16.7. The predicted octanol–water partition coefficient (Wildman–Crippen LogP) is 8.09. The number of rotatable bonds is 15. The van der Waals surface area contributed by atoms with Crippen molar-refractivity contribution in [2.24, 2.45) is 0 Å². The summed E-state index contributed by atoms with van der Waals surface area (Å²) in [5, 5.41) is 11.1. The molecule has 0 radical (unpaired) electrons. The van der Waals surface area contributed by atoms with Crippen molar-refractivity contribution in [2.75, 3.05) is 6.61 Å². The van der Waals surface area contributed by atoms with E-state index < -0.39 is 30.7 Å². The van der Waals surface area contributed by atoms with E-state index in [4.69, 9.17) is 28.4 Å². The standard InChI is InChI=1S/C42H44O7/c1-30-23-31(2)38(43)36(24-30)48-42-41(47-28-35-21-13-6-14-22-35)40(46-27-34-19-11-5-12-20-34)39(45-26-33-17-9-4-10-18-33)37(49-42)29-44-25-32-15-7-3-8-16-32/h3-24,37,39-43H,25-29H2,1-2H3/t37-,39-,40+,41-,42-/m1/s1. The molecule has 1 saturated heterocycles. The number of hydrogen-bond acceptors (Lipinski definition) is 7. The van der Waals surface area contributed by atoms with Gasteiger partial charge in [-0.3, -0.25) is 0 Å². The van der Waals surface area contributed by atoms with E-state index in [0.717, 1.165) is 27.8 Å². The normalized spacial score (nSPS) is 20.6. The summed E-state index contributed by atoms with van der Waals surface area (Å²) >= 11 is 0. The summed E-state index contributed by atoms with van der Waals surface area (Å²) in [7, 11) is 0. The second kappa shape index (κ2) is 17.2. The third kappa shape index (κ3) is 9.57. The zero-order valence-corrected chi connectivity index (χ0v) is 28.0. The van der Waals surface area contributed by atoms with Gasteiger partial charge in [-0.25, -0.2) is 0 Å². The lowest BCUT2D eigenvalue weighted by molar-refractivity contribution is -0.310. The summed E-state index contributed by atoms with van der Waals surface area (Å²) in [5.74, 6) is 0.363. The molecule has 0 spiro atoms. The fourth-order valence-electron chi connectivity index (χ4n) is 5.98. The second-order valence-corrected chi connectivity index (χ2v) is 12.4. The fraction of sp³-hybridized carbons (Fsp3) is 0.286. The number of phenolic OH excluding ortho intramolecular Hbond substituents is 1. The summed E-state index contributed by atoms with van der Waals surface area (Å²) < 4.78 is 39.8. The number of hydrogen-bond donors (Lipinski definition) is 1. The van der Waals surface area contributed by atoms with E-state index in [2.05, 4.69) is 0 Å². The topological polar surface area (TPSA) is 75.6 Å². The Hall–Kier alpha value is -4.50. The van der Waals surface area contributed by atoms with Gasteiger partial charge < -0.3 is 33.5 Å². The Balaban J connectivity index is 1.35. The molecule has 1 aliphatic rings. The Bertz CT molecular complexity index is 1700. The number of aryl methyl sites for hydroxylation is 2. The van der Waals surface area contributed by atoms with E-state index in [-0.39, 0.29) is 12.4 Å². The minimum absolute atomic E-state index is 0.0529. The van der Waals surface area contributed by atoms with Crippen molar-refractivity contribution in [1.29, 1.82) is 0 Å². The molecule has 1 fully saturated rings. The van der Waals surface area contributed by atoms with Crippen LogP contribution in [0.4, 0.5) is 0 Å². The number of aromatic hydroxyl groups is 1. The van der Waals surface area contributed by atoms with Crippen LogP contribution in [0.1, 0.15) is 33.4 Å². The first-order chi connectivity index (χ1) is 24.0. The number of ether oxygens (including phenoxy) is 6. The van der Waals surface area contributed by atoms with Gasteiger partial charge in [0.2, 0.25) is 6.29 Å². The molecule has 254 valence electrons. The Morgan fingerprint density at radius 2 is 1.00 bits per heavy atom. The second-order valence-electron chi connectivity index (χ2n) is 12.4. The first kappa shape index (κ1) is 34.4. The molecule has 6 rings (SSSR count). The number of phenols is 1. The molecule has 0 unspecified atom stereocenters. The molecule has 7 heteroatoms. The summed E-state index contributed by atoms with van der Waals surface area (Å²) in [6.45, 7) is 5.37. The van der Waals surface area contributed by atoms with Gasteiger partial charge in [-0.2, -0.15) is 0 Å². The van der Waals surface area contributed by atoms with E-state index in [0.29, 0.717) is 37.7 Å². The average Bonchev–Trinajstić information content (AvgIpc) is 3.13. The molecule has 1 heterocycles. The zero-order valence-electron chi connectivity index (χ0n) is 28.0. The van der Waals surface area contributed by atoms with E-state index >= 15 is 0 Å². The maximum absolute atomic E-state index is 11.1. The van der Waals surface area contributed by atoms with Crippen LogP contribution in [0, 0.1) is 13.8 Å². The average molecular weight is 661 g/mol. The van der Waals surface area contributed by atoms with Crippen LogP contribution in [0.2, 0.25) is 0 Å². The molecular weight excluding hydrogens is 616 g/mol. The van der Waals surface area contributed by atoms with E-state index in [1.165, 1.54) is 0 Å². The molecule has 0 bridgehead atoms. The van der Waals surface area contributed by atoms with E-state index in [1.807, 2.05) is 141 Å². The van der Waals surface area contributed by atoms with Crippen molar-refractivity contribution in [2.45, 2.75) is 71.0 Å². The molecule has 1 aliphatic heterocycles. The van der Waals surface area contributed by atoms with Crippen molar-refractivity contribution >= 4 is 0 Å². The highest BCUT2D eigenvalue weighted by atomic mass is 16.7. The third-order valence-electron chi connectivity index (χ3n) is 8.49. The number of benzene rings is 5. The van der Waals surface area contributed by atoms with Gasteiger partial charge in [-0.15, -0.1) is 0 Å². The van der Waals surface area contributed by atoms with Gasteiger partial charge in [-0.05, 0) is 53.3 Å². The molecule has 0 aromatic heterocycles. The zero-order chi connectivity index (χ0) is 33.8. The maximum Gasteiger partial charge on any atom is 0.229 e. The maximum atomic E-state index is 11.1. The summed E-state index contributed by atoms with van der Waals surface area (Å²) in [4.78, 5) is 0. The van der Waals surface area contributed by atoms with Crippen molar-refractivity contribution in [3.8, 4) is 11.5 Å². The molecule has 7 nitrogen and oxygen atoms in total. The van der Waals surface area contributed by atoms with E-state index in [9.17, 15) is 5.11 Å². The molecule has 0 amide bonds. The van der Waals surface area contributed by atoms with Gasteiger partial charge in [-0.1, -0.05) is 127 Å². The minimum Gasteiger partial charge on any atom is -0.504 e. The molecule has 5 aromatic rings. The van der Waals surface area contributed by atoms with Crippen LogP contribution < -0.4 is 4.74 Å². The van der Waals surface area contributed by atoms with Crippen LogP contribution in [-0.4, -0.2) is 42.4 Å². The van der Waals surface area contributed by atoms with Gasteiger partial charge in [0.25, 0.3) is 0 Å². The van der Waals surface area contributed by atoms with Crippen LogP contribution >= 0.6 is 0 Å². The SMILES string of the molecule is Cc1cc(C)c(O)c(O[C@@H]2O[C@H](COCc3ccccc3)[C@@H](OCc3ccccc3)[C@H](OCc3ccccc3)[C@H]2OCc2ccccc2)c1. The third-order valence-corrected chi connectivity index (χ3v) is 8.49. The summed E-state index contributed by atoms with van der Waals surface area (Å²) in [5.41, 5.74) is 5.73. The summed E-state index contributed by atoms with van der Waals surface area (Å²) in [6.07, 6.45) is -3.52. The molecular formula is C42H44O7. The smallest absolute Gasteiger partial charge is 0.229 e. The van der Waals surface area contributed by atoms with Crippen molar-refractivity contribution in [3.63, 3.8) is 0 Å². The van der Waals surface area contributed by atoms with Crippen LogP contribution in [0.15, 0.2) is 133 Å². The Kier molecular flexibility index (Phi) is 12.1. The van der Waals surface area contributed by atoms with Crippen LogP contribution in [-0.2, 0) is 50.1 Å². The highest BCUT2D eigenvalue weighted by molar-refractivity contribution is 5.47. The van der Waals surface area contributed by atoms with Gasteiger partial charge >= 0.3 is 0 Å². The monoisotopic (exact) mass is 660 g/mol. The molecule has 0 saturated carbocycles. The molecule has 5 atom stereocenters. The van der Waals surface area contributed by atoms with Gasteiger partial charge in [0, 0.05) is 0 Å². The van der Waals surface area contributed by atoms with Crippen LogP contribution in [0.3, 0.4) is 0 Å². The minimum atomic E-state index is -0.960. The van der Waals surface area contributed by atoms with Gasteiger partial charge in [0.05, 0.1) is 33.0 Å². The molecule has 5 aromatic carbocycles. The Labute approximate surface area is 289 Å². The lowest BCUT2D eigenvalue weighted by Gasteiger charge is -2.45. The fourth-order valence-corrected chi connectivity index (χ4v) is 5.98. The largest absolute Gasteiger partial charge is 0.504 e. The predicted molar refractivity (Wildman–Crippen MR) is 188 cm³/mol. The first-order valence-corrected chi connectivity index (χ1v) is 16.7. The van der Waals surface area contributed by atoms with Crippen molar-refractivity contribution in [1.82, 2.24) is 0 Å². The Morgan fingerprint density at radius 3 is 1.51 bits per heavy atom. The molecule has 49 heavy (non-hydrogen) atoms. The highest BCUT2D eigenvalue weighted by Crippen LogP contribution is 2.37. The lowest BCUT2D eigenvalue weighted by Crippen LogP contribution is -2.62. The quantitative estimate of drug-likeness (QED) is 0.122. The lowest BCUT2D eigenvalue weighted by atomic mass is 9.97. The molecule has 0 aliphatic carbocycles. The van der Waals surface area contributed by atoms with E-state index in [1.54, 1.807) is 6.07 Å². The van der Waals surface area contributed by atoms with Gasteiger partial charge in [0.1, 0.15) is 24.4 Å². The molecule has 1 N–H and O–H groups in total. The Morgan fingerprint density at radius 1 is 0.551 bits per heavy atom. The van der Waals surface area contributed by atoms with Crippen molar-refractivity contribution in [3.05, 3.63) is 167 Å². The van der Waals surface area contributed by atoms with Gasteiger partial charge in [0.15, 0.2) is 11.5 Å². The van der Waals surface area contributed by atoms with Crippen LogP contribution in [0.25, 0.3) is 0 Å².